The normalized spacial score (nSPS) is 19.8. The molecule has 6 heteroatoms. The maximum atomic E-state index is 13.0. The van der Waals surface area contributed by atoms with Gasteiger partial charge in [0.25, 0.3) is 0 Å². The summed E-state index contributed by atoms with van der Waals surface area (Å²) in [6.45, 7) is 3.96. The van der Waals surface area contributed by atoms with Gasteiger partial charge in [0.2, 0.25) is 5.91 Å². The Morgan fingerprint density at radius 1 is 1.38 bits per heavy atom. The van der Waals surface area contributed by atoms with Crippen molar-refractivity contribution >= 4 is 5.91 Å². The molecule has 1 aliphatic heterocycles. The van der Waals surface area contributed by atoms with Gasteiger partial charge in [-0.1, -0.05) is 25.1 Å². The third kappa shape index (κ3) is 4.97. The summed E-state index contributed by atoms with van der Waals surface area (Å²) < 4.78 is 39.1. The minimum atomic E-state index is -4.40. The quantitative estimate of drug-likeness (QED) is 0.885. The van der Waals surface area contributed by atoms with Gasteiger partial charge in [0.15, 0.2) is 0 Å². The number of benzene rings is 1. The average Bonchev–Trinajstić information content (AvgIpc) is 2.55. The molecule has 1 amide bonds. The van der Waals surface area contributed by atoms with Crippen LogP contribution in [0.25, 0.3) is 0 Å². The Bertz CT molecular complexity index is 553. The molecule has 1 aromatic carbocycles. The number of rotatable bonds is 5. The van der Waals surface area contributed by atoms with Crippen LogP contribution in [0.3, 0.4) is 0 Å². The van der Waals surface area contributed by atoms with Crippen molar-refractivity contribution in [1.82, 2.24) is 10.2 Å². The molecule has 0 radical (unpaired) electrons. The highest BCUT2D eigenvalue weighted by Crippen LogP contribution is 2.32. The second-order valence-electron chi connectivity index (χ2n) is 6.69. The fraction of sp³-hybridized carbons (Fsp3) is 0.611. The lowest BCUT2D eigenvalue weighted by molar-refractivity contribution is -0.139. The van der Waals surface area contributed by atoms with E-state index in [1.54, 1.807) is 13.1 Å². The molecule has 3 nitrogen and oxygen atoms in total. The number of halogens is 3. The number of alkyl halides is 3. The summed E-state index contributed by atoms with van der Waals surface area (Å²) in [5.74, 6) is 0.578. The molecule has 1 heterocycles. The Morgan fingerprint density at radius 3 is 2.71 bits per heavy atom. The van der Waals surface area contributed by atoms with E-state index in [1.807, 2.05) is 6.92 Å². The molecule has 0 aromatic heterocycles. The number of carbonyl (C=O) groups excluding carboxylic acids is 1. The van der Waals surface area contributed by atoms with Gasteiger partial charge in [0.05, 0.1) is 5.56 Å². The molecule has 0 spiro atoms. The fourth-order valence-corrected chi connectivity index (χ4v) is 3.24. The van der Waals surface area contributed by atoms with E-state index in [1.165, 1.54) is 17.0 Å². The van der Waals surface area contributed by atoms with E-state index in [-0.39, 0.29) is 23.9 Å². The highest BCUT2D eigenvalue weighted by atomic mass is 19.4. The molecule has 1 aromatic rings. The number of hydrogen-bond acceptors (Lipinski definition) is 2. The molecule has 1 saturated heterocycles. The number of carbonyl (C=O) groups is 1. The number of hydrogen-bond donors (Lipinski definition) is 1. The van der Waals surface area contributed by atoms with Crippen molar-refractivity contribution in [2.24, 2.45) is 11.8 Å². The third-order valence-corrected chi connectivity index (χ3v) is 4.79. The summed E-state index contributed by atoms with van der Waals surface area (Å²) in [4.78, 5) is 13.8. The number of nitrogens with zero attached hydrogens (tertiary/aromatic N) is 1. The van der Waals surface area contributed by atoms with Crippen molar-refractivity contribution in [2.75, 3.05) is 20.1 Å². The predicted molar refractivity (Wildman–Crippen MR) is 87.3 cm³/mol. The monoisotopic (exact) mass is 342 g/mol. The van der Waals surface area contributed by atoms with E-state index in [9.17, 15) is 18.0 Å². The van der Waals surface area contributed by atoms with E-state index in [4.69, 9.17) is 0 Å². The second-order valence-corrected chi connectivity index (χ2v) is 6.69. The van der Waals surface area contributed by atoms with Crippen LogP contribution in [-0.2, 0) is 17.5 Å². The van der Waals surface area contributed by atoms with E-state index < -0.39 is 11.7 Å². The second kappa shape index (κ2) is 8.01. The van der Waals surface area contributed by atoms with Gasteiger partial charge < -0.3 is 10.2 Å². The maximum absolute atomic E-state index is 13.0. The maximum Gasteiger partial charge on any atom is 0.416 e. The van der Waals surface area contributed by atoms with Gasteiger partial charge >= 0.3 is 6.18 Å². The first-order chi connectivity index (χ1) is 11.3. The number of piperidine rings is 1. The lowest BCUT2D eigenvalue weighted by atomic mass is 9.85. The summed E-state index contributed by atoms with van der Waals surface area (Å²) in [6.07, 6.45) is -1.82. The molecule has 134 valence electrons. The molecule has 1 aliphatic rings. The predicted octanol–water partition coefficient (Wildman–Crippen LogP) is 3.69. The van der Waals surface area contributed by atoms with Crippen LogP contribution in [-0.4, -0.2) is 30.9 Å². The van der Waals surface area contributed by atoms with Crippen LogP contribution in [0.5, 0.6) is 0 Å². The zero-order valence-corrected chi connectivity index (χ0v) is 14.2. The molecular formula is C18H25F3N2O. The van der Waals surface area contributed by atoms with Crippen LogP contribution in [0.4, 0.5) is 13.2 Å². The van der Waals surface area contributed by atoms with Crippen LogP contribution >= 0.6 is 0 Å². The lowest BCUT2D eigenvalue weighted by Crippen LogP contribution is -2.36. The van der Waals surface area contributed by atoms with Gasteiger partial charge in [-0.15, -0.1) is 0 Å². The van der Waals surface area contributed by atoms with Crippen molar-refractivity contribution in [1.29, 1.82) is 0 Å². The minimum absolute atomic E-state index is 0.0237. The molecule has 2 unspecified atom stereocenters. The molecule has 2 rings (SSSR count). The minimum Gasteiger partial charge on any atom is -0.341 e. The molecule has 0 bridgehead atoms. The third-order valence-electron chi connectivity index (χ3n) is 4.79. The van der Waals surface area contributed by atoms with Crippen LogP contribution in [0.1, 0.15) is 37.3 Å². The first kappa shape index (κ1) is 18.8. The molecule has 1 fully saturated rings. The molecule has 2 atom stereocenters. The first-order valence-electron chi connectivity index (χ1n) is 8.39. The Balaban J connectivity index is 1.97. The van der Waals surface area contributed by atoms with Gasteiger partial charge in [-0.2, -0.15) is 13.2 Å². The highest BCUT2D eigenvalue weighted by molar-refractivity contribution is 5.76. The van der Waals surface area contributed by atoms with Gasteiger partial charge in [-0.25, -0.2) is 0 Å². The average molecular weight is 342 g/mol. The lowest BCUT2D eigenvalue weighted by Gasteiger charge is -2.29. The number of nitrogens with one attached hydrogen (secondary N) is 1. The summed E-state index contributed by atoms with van der Waals surface area (Å²) >= 11 is 0. The molecular weight excluding hydrogens is 317 g/mol. The Labute approximate surface area is 141 Å². The number of amides is 1. The topological polar surface area (TPSA) is 32.3 Å². The summed E-state index contributed by atoms with van der Waals surface area (Å²) in [6, 6.07) is 5.43. The molecule has 1 N–H and O–H groups in total. The fourth-order valence-electron chi connectivity index (χ4n) is 3.24. The first-order valence-corrected chi connectivity index (χ1v) is 8.39. The smallest absolute Gasteiger partial charge is 0.341 e. The standard InChI is InChI=1S/C18H25F3N2O/c1-13(14-7-5-9-22-11-14)10-17(24)23(2)12-15-6-3-4-8-16(15)18(19,20)21/h3-4,6,8,13-14,22H,5,7,9-12H2,1-2H3. The van der Waals surface area contributed by atoms with Gasteiger partial charge in [-0.05, 0) is 49.4 Å². The van der Waals surface area contributed by atoms with Crippen molar-refractivity contribution in [3.05, 3.63) is 35.4 Å². The Hall–Kier alpha value is -1.56. The van der Waals surface area contributed by atoms with Crippen LogP contribution in [0.15, 0.2) is 24.3 Å². The zero-order chi connectivity index (χ0) is 17.7. The molecule has 0 aliphatic carbocycles. The van der Waals surface area contributed by atoms with Crippen molar-refractivity contribution in [2.45, 2.75) is 38.9 Å². The van der Waals surface area contributed by atoms with Crippen molar-refractivity contribution < 1.29 is 18.0 Å². The molecule has 24 heavy (non-hydrogen) atoms. The van der Waals surface area contributed by atoms with Crippen LogP contribution in [0, 0.1) is 11.8 Å². The summed E-state index contributed by atoms with van der Waals surface area (Å²) in [5, 5.41) is 3.33. The van der Waals surface area contributed by atoms with E-state index in [2.05, 4.69) is 5.32 Å². The summed E-state index contributed by atoms with van der Waals surface area (Å²) in [7, 11) is 1.57. The largest absolute Gasteiger partial charge is 0.416 e. The highest BCUT2D eigenvalue weighted by Gasteiger charge is 2.33. The van der Waals surface area contributed by atoms with E-state index >= 15 is 0 Å². The SMILES string of the molecule is CC(CC(=O)N(C)Cc1ccccc1C(F)(F)F)C1CCCNC1. The summed E-state index contributed by atoms with van der Waals surface area (Å²) in [5.41, 5.74) is -0.540. The van der Waals surface area contributed by atoms with Gasteiger partial charge in [0, 0.05) is 20.0 Å². The van der Waals surface area contributed by atoms with E-state index in [0.29, 0.717) is 12.3 Å². The van der Waals surface area contributed by atoms with Gasteiger partial charge in [-0.3, -0.25) is 4.79 Å². The Kier molecular flexibility index (Phi) is 6.27. The van der Waals surface area contributed by atoms with Crippen LogP contribution in [0.2, 0.25) is 0 Å². The van der Waals surface area contributed by atoms with E-state index in [0.717, 1.165) is 32.0 Å². The van der Waals surface area contributed by atoms with Crippen molar-refractivity contribution in [3.8, 4) is 0 Å². The van der Waals surface area contributed by atoms with Crippen LogP contribution < -0.4 is 5.32 Å². The zero-order valence-electron chi connectivity index (χ0n) is 14.2. The molecule has 0 saturated carbocycles. The van der Waals surface area contributed by atoms with Gasteiger partial charge in [0.1, 0.15) is 0 Å². The Morgan fingerprint density at radius 2 is 2.08 bits per heavy atom. The van der Waals surface area contributed by atoms with Crippen molar-refractivity contribution in [3.63, 3.8) is 0 Å².